The number of aliphatic carboxylic acids is 1. The van der Waals surface area contributed by atoms with E-state index < -0.39 is 12.0 Å². The molecule has 1 heterocycles. The molecule has 160 valence electrons. The molecule has 0 aliphatic carbocycles. The largest absolute Gasteiger partial charge is 0.481 e. The molecule has 9 nitrogen and oxygen atoms in total. The monoisotopic (exact) mass is 439 g/mol. The van der Waals surface area contributed by atoms with Crippen LogP contribution in [0.4, 0.5) is 26.8 Å². The van der Waals surface area contributed by atoms with Gasteiger partial charge in [-0.2, -0.15) is 4.37 Å². The Morgan fingerprint density at radius 1 is 0.903 bits per heavy atom. The van der Waals surface area contributed by atoms with Gasteiger partial charge in [-0.1, -0.05) is 30.3 Å². The summed E-state index contributed by atoms with van der Waals surface area (Å²) in [5.41, 5.74) is 3.02. The Morgan fingerprint density at radius 3 is 2.19 bits per heavy atom. The van der Waals surface area contributed by atoms with Crippen molar-refractivity contribution in [2.24, 2.45) is 0 Å². The predicted octanol–water partition coefficient (Wildman–Crippen LogP) is 4.36. The van der Waals surface area contributed by atoms with Crippen LogP contribution in [-0.4, -0.2) is 34.1 Å². The van der Waals surface area contributed by atoms with Crippen molar-refractivity contribution >= 4 is 46.8 Å². The van der Waals surface area contributed by atoms with Crippen LogP contribution in [0, 0.1) is 6.92 Å². The lowest BCUT2D eigenvalue weighted by molar-refractivity contribution is -0.136. The minimum Gasteiger partial charge on any atom is -0.481 e. The first-order valence-corrected chi connectivity index (χ1v) is 10.2. The Balaban J connectivity index is 1.59. The minimum atomic E-state index is -0.983. The molecule has 3 rings (SSSR count). The number of aromatic nitrogens is 1. The molecule has 2 aromatic carbocycles. The van der Waals surface area contributed by atoms with Gasteiger partial charge in [-0.15, -0.1) is 0 Å². The van der Waals surface area contributed by atoms with E-state index in [4.69, 9.17) is 5.11 Å². The van der Waals surface area contributed by atoms with Crippen LogP contribution in [0.25, 0.3) is 10.4 Å². The minimum absolute atomic E-state index is 0.0313. The fourth-order valence-electron chi connectivity index (χ4n) is 2.68. The number of benzene rings is 2. The third-order valence-corrected chi connectivity index (χ3v) is 5.22. The van der Waals surface area contributed by atoms with Crippen LogP contribution >= 0.6 is 11.5 Å². The number of carbonyl (C=O) groups is 3. The van der Waals surface area contributed by atoms with E-state index in [9.17, 15) is 14.4 Å². The fourth-order valence-corrected chi connectivity index (χ4v) is 3.52. The molecule has 0 fully saturated rings. The lowest BCUT2D eigenvalue weighted by Crippen LogP contribution is -2.30. The van der Waals surface area contributed by atoms with Crippen LogP contribution in [-0.2, 0) is 4.79 Å². The highest BCUT2D eigenvalue weighted by Crippen LogP contribution is 2.33. The van der Waals surface area contributed by atoms with E-state index in [1.54, 1.807) is 24.3 Å². The van der Waals surface area contributed by atoms with Crippen LogP contribution in [0.1, 0.15) is 12.0 Å². The van der Waals surface area contributed by atoms with Gasteiger partial charge in [-0.3, -0.25) is 10.1 Å². The maximum Gasteiger partial charge on any atom is 0.323 e. The van der Waals surface area contributed by atoms with Gasteiger partial charge in [0.15, 0.2) is 5.82 Å². The molecule has 0 saturated carbocycles. The molecule has 0 atom stereocenters. The molecule has 0 unspecified atom stereocenters. The first kappa shape index (κ1) is 21.8. The summed E-state index contributed by atoms with van der Waals surface area (Å²) >= 11 is 1.24. The molecule has 0 aliphatic heterocycles. The van der Waals surface area contributed by atoms with Gasteiger partial charge in [-0.25, -0.2) is 9.59 Å². The summed E-state index contributed by atoms with van der Waals surface area (Å²) < 4.78 is 4.27. The number of carboxylic acids is 1. The summed E-state index contributed by atoms with van der Waals surface area (Å²) in [5, 5.41) is 19.2. The maximum absolute atomic E-state index is 12.1. The van der Waals surface area contributed by atoms with E-state index in [0.717, 1.165) is 16.0 Å². The Labute approximate surface area is 182 Å². The highest BCUT2D eigenvalue weighted by atomic mass is 32.1. The van der Waals surface area contributed by atoms with Crippen LogP contribution in [0.15, 0.2) is 54.6 Å². The number of para-hydroxylation sites is 1. The number of amides is 4. The number of nitrogens with zero attached hydrogens (tertiary/aromatic N) is 1. The second-order valence-corrected chi connectivity index (χ2v) is 7.31. The Kier molecular flexibility index (Phi) is 7.17. The number of carbonyl (C=O) groups excluding carboxylic acids is 2. The van der Waals surface area contributed by atoms with Gasteiger partial charge in [0.05, 0.1) is 11.3 Å². The number of rotatable bonds is 7. The van der Waals surface area contributed by atoms with Crippen LogP contribution in [0.5, 0.6) is 0 Å². The predicted molar refractivity (Wildman–Crippen MR) is 121 cm³/mol. The third kappa shape index (κ3) is 6.28. The number of nitrogens with one attached hydrogen (secondary N) is 4. The van der Waals surface area contributed by atoms with Crippen molar-refractivity contribution in [2.75, 3.05) is 22.5 Å². The topological polar surface area (TPSA) is 132 Å². The number of hydrogen-bond acceptors (Lipinski definition) is 5. The second-order valence-electron chi connectivity index (χ2n) is 6.53. The quantitative estimate of drug-likeness (QED) is 0.373. The normalized spacial score (nSPS) is 10.2. The number of hydrogen-bond donors (Lipinski definition) is 5. The maximum atomic E-state index is 12.1. The number of carboxylic acid groups (broad SMARTS) is 1. The average molecular weight is 439 g/mol. The molecule has 4 amide bonds. The summed E-state index contributed by atoms with van der Waals surface area (Å²) in [5.74, 6) is -0.569. The molecule has 10 heteroatoms. The molecule has 3 aromatic rings. The SMILES string of the molecule is Cc1c(NC(=O)NCCC(=O)O)nsc1-c1ccc(NC(=O)Nc2ccccc2)cc1. The summed E-state index contributed by atoms with van der Waals surface area (Å²) in [4.78, 5) is 35.4. The first-order valence-electron chi connectivity index (χ1n) is 9.39. The Hall–Kier alpha value is -3.92. The molecule has 0 radical (unpaired) electrons. The lowest BCUT2D eigenvalue weighted by Gasteiger charge is -2.08. The standard InChI is InChI=1S/C21H21N5O4S/c1-13-18(31-26-19(13)25-20(29)22-12-11-17(27)28)14-7-9-16(10-8-14)24-21(30)23-15-5-3-2-4-6-15/h2-10H,11-12H2,1H3,(H,27,28)(H2,23,24,30)(H2,22,25,26,29). The van der Waals surface area contributed by atoms with Gasteiger partial charge in [0.25, 0.3) is 0 Å². The van der Waals surface area contributed by atoms with Crippen molar-refractivity contribution in [3.8, 4) is 10.4 Å². The van der Waals surface area contributed by atoms with E-state index >= 15 is 0 Å². The molecular formula is C21H21N5O4S. The van der Waals surface area contributed by atoms with Crippen molar-refractivity contribution in [1.82, 2.24) is 9.69 Å². The Morgan fingerprint density at radius 2 is 1.55 bits per heavy atom. The van der Waals surface area contributed by atoms with Crippen molar-refractivity contribution in [2.45, 2.75) is 13.3 Å². The molecule has 5 N–H and O–H groups in total. The van der Waals surface area contributed by atoms with Gasteiger partial charge in [0.2, 0.25) is 0 Å². The summed E-state index contributed by atoms with van der Waals surface area (Å²) in [7, 11) is 0. The Bertz CT molecular complexity index is 1070. The molecular weight excluding hydrogens is 418 g/mol. The van der Waals surface area contributed by atoms with Gasteiger partial charge in [0, 0.05) is 23.5 Å². The lowest BCUT2D eigenvalue weighted by atomic mass is 10.1. The molecule has 1 aromatic heterocycles. The summed E-state index contributed by atoms with van der Waals surface area (Å²) in [6.07, 6.45) is -0.154. The second kappa shape index (κ2) is 10.2. The molecule has 0 bridgehead atoms. The van der Waals surface area contributed by atoms with Gasteiger partial charge in [-0.05, 0) is 48.3 Å². The van der Waals surface area contributed by atoms with Crippen molar-refractivity contribution in [1.29, 1.82) is 0 Å². The van der Waals surface area contributed by atoms with Gasteiger partial charge < -0.3 is 21.1 Å². The molecule has 0 saturated heterocycles. The van der Waals surface area contributed by atoms with Crippen molar-refractivity contribution in [3.05, 3.63) is 60.2 Å². The van der Waals surface area contributed by atoms with Crippen molar-refractivity contribution < 1.29 is 19.5 Å². The van der Waals surface area contributed by atoms with E-state index in [1.165, 1.54) is 11.5 Å². The van der Waals surface area contributed by atoms with E-state index in [0.29, 0.717) is 17.2 Å². The molecule has 0 aliphatic rings. The molecule has 0 spiro atoms. The zero-order valence-electron chi connectivity index (χ0n) is 16.6. The van der Waals surface area contributed by atoms with Crippen LogP contribution in [0.2, 0.25) is 0 Å². The van der Waals surface area contributed by atoms with Gasteiger partial charge >= 0.3 is 18.0 Å². The van der Waals surface area contributed by atoms with E-state index in [-0.39, 0.29) is 19.0 Å². The van der Waals surface area contributed by atoms with Gasteiger partial charge in [0.1, 0.15) is 0 Å². The average Bonchev–Trinajstić information content (AvgIpc) is 3.09. The highest BCUT2D eigenvalue weighted by Gasteiger charge is 2.14. The number of urea groups is 2. The number of anilines is 3. The smallest absolute Gasteiger partial charge is 0.323 e. The van der Waals surface area contributed by atoms with Crippen LogP contribution in [0.3, 0.4) is 0 Å². The van der Waals surface area contributed by atoms with Crippen LogP contribution < -0.4 is 21.3 Å². The molecule has 31 heavy (non-hydrogen) atoms. The van der Waals surface area contributed by atoms with E-state index in [2.05, 4.69) is 25.6 Å². The highest BCUT2D eigenvalue weighted by molar-refractivity contribution is 7.10. The van der Waals surface area contributed by atoms with Crippen molar-refractivity contribution in [3.63, 3.8) is 0 Å². The van der Waals surface area contributed by atoms with E-state index in [1.807, 2.05) is 37.3 Å². The third-order valence-electron chi connectivity index (χ3n) is 4.22. The zero-order chi connectivity index (χ0) is 22.2. The first-order chi connectivity index (χ1) is 14.9. The zero-order valence-corrected chi connectivity index (χ0v) is 17.5. The summed E-state index contributed by atoms with van der Waals surface area (Å²) in [6.45, 7) is 1.87. The summed E-state index contributed by atoms with van der Waals surface area (Å²) in [6, 6.07) is 15.6. The fraction of sp³-hybridized carbons (Fsp3) is 0.143.